The zero-order valence-corrected chi connectivity index (χ0v) is 8.83. The molecule has 1 heterocycles. The molecular weight excluding hydrogens is 186 g/mol. The Morgan fingerprint density at radius 1 is 1.69 bits per heavy atom. The summed E-state index contributed by atoms with van der Waals surface area (Å²) in [5.74, 6) is -0.110. The van der Waals surface area contributed by atoms with Crippen molar-refractivity contribution >= 4 is 23.2 Å². The molecule has 0 aliphatic carbocycles. The van der Waals surface area contributed by atoms with Crippen molar-refractivity contribution in [2.75, 3.05) is 7.11 Å². The summed E-state index contributed by atoms with van der Waals surface area (Å²) in [6.07, 6.45) is 0.719. The van der Waals surface area contributed by atoms with Crippen LogP contribution in [-0.2, 0) is 9.53 Å². The molecule has 0 fully saturated rings. The van der Waals surface area contributed by atoms with Crippen molar-refractivity contribution < 1.29 is 9.53 Å². The van der Waals surface area contributed by atoms with Gasteiger partial charge in [0, 0.05) is 12.1 Å². The minimum Gasteiger partial charge on any atom is -0.466 e. The number of nitrogens with one attached hydrogen (secondary N) is 1. The van der Waals surface area contributed by atoms with Crippen LogP contribution in [0.1, 0.15) is 20.3 Å². The molecule has 0 aromatic heterocycles. The molecule has 0 bridgehead atoms. The number of carbonyl (C=O) groups is 1. The Morgan fingerprint density at radius 2 is 2.31 bits per heavy atom. The SMILES string of the molecule is COC(=O)C1=C(C)NC(=S)C[C@H]1C. The number of thiocarbonyl (C=S) groups is 1. The second-order valence-electron chi connectivity index (χ2n) is 3.18. The lowest BCUT2D eigenvalue weighted by atomic mass is 9.93. The van der Waals surface area contributed by atoms with Gasteiger partial charge in [0.2, 0.25) is 0 Å². The van der Waals surface area contributed by atoms with E-state index in [-0.39, 0.29) is 11.9 Å². The van der Waals surface area contributed by atoms with Crippen molar-refractivity contribution in [1.82, 2.24) is 5.32 Å². The number of esters is 1. The van der Waals surface area contributed by atoms with Crippen LogP contribution in [0.4, 0.5) is 0 Å². The van der Waals surface area contributed by atoms with Gasteiger partial charge >= 0.3 is 5.97 Å². The predicted octanol–water partition coefficient (Wildman–Crippen LogP) is 1.39. The molecule has 72 valence electrons. The van der Waals surface area contributed by atoms with Crippen LogP contribution in [0.15, 0.2) is 11.3 Å². The maximum Gasteiger partial charge on any atom is 0.335 e. The minimum atomic E-state index is -0.264. The molecule has 3 nitrogen and oxygen atoms in total. The first-order chi connectivity index (χ1) is 6.06. The maximum absolute atomic E-state index is 11.3. The zero-order chi connectivity index (χ0) is 10.0. The van der Waals surface area contributed by atoms with E-state index in [0.29, 0.717) is 5.57 Å². The second kappa shape index (κ2) is 3.87. The van der Waals surface area contributed by atoms with Crippen LogP contribution >= 0.6 is 12.2 Å². The molecule has 0 spiro atoms. The Labute approximate surface area is 83.1 Å². The van der Waals surface area contributed by atoms with Gasteiger partial charge in [-0.1, -0.05) is 19.1 Å². The molecule has 0 saturated carbocycles. The summed E-state index contributed by atoms with van der Waals surface area (Å²) in [4.78, 5) is 12.1. The number of carbonyl (C=O) groups excluding carboxylic acids is 1. The summed E-state index contributed by atoms with van der Waals surface area (Å²) in [6, 6.07) is 0. The van der Waals surface area contributed by atoms with E-state index in [4.69, 9.17) is 12.2 Å². The normalized spacial score (nSPS) is 22.7. The Balaban J connectivity index is 2.97. The highest BCUT2D eigenvalue weighted by Crippen LogP contribution is 2.23. The molecule has 4 heteroatoms. The van der Waals surface area contributed by atoms with E-state index in [1.807, 2.05) is 13.8 Å². The zero-order valence-electron chi connectivity index (χ0n) is 8.01. The molecule has 1 aliphatic heterocycles. The van der Waals surface area contributed by atoms with Crippen molar-refractivity contribution in [1.29, 1.82) is 0 Å². The largest absolute Gasteiger partial charge is 0.466 e. The number of hydrogen-bond donors (Lipinski definition) is 1. The summed E-state index contributed by atoms with van der Waals surface area (Å²) >= 11 is 5.04. The van der Waals surface area contributed by atoms with Gasteiger partial charge in [0.1, 0.15) is 0 Å². The van der Waals surface area contributed by atoms with Crippen molar-refractivity contribution in [3.63, 3.8) is 0 Å². The standard InChI is InChI=1S/C9H13NO2S/c1-5-4-7(13)10-6(2)8(5)9(11)12-3/h5H,4H2,1-3H3,(H,10,13)/t5-/m1/s1. The first-order valence-electron chi connectivity index (χ1n) is 4.15. The molecule has 1 N–H and O–H groups in total. The van der Waals surface area contributed by atoms with Crippen LogP contribution < -0.4 is 5.32 Å². The third-order valence-corrected chi connectivity index (χ3v) is 2.39. The van der Waals surface area contributed by atoms with Crippen LogP contribution in [0.3, 0.4) is 0 Å². The van der Waals surface area contributed by atoms with Gasteiger partial charge in [0.05, 0.1) is 17.7 Å². The summed E-state index contributed by atoms with van der Waals surface area (Å²) in [7, 11) is 1.39. The number of rotatable bonds is 1. The molecule has 1 rings (SSSR count). The molecule has 1 aliphatic rings. The van der Waals surface area contributed by atoms with Gasteiger partial charge in [-0.15, -0.1) is 0 Å². The molecule has 0 unspecified atom stereocenters. The van der Waals surface area contributed by atoms with Gasteiger partial charge in [-0.05, 0) is 12.8 Å². The molecule has 13 heavy (non-hydrogen) atoms. The highest BCUT2D eigenvalue weighted by Gasteiger charge is 2.25. The van der Waals surface area contributed by atoms with E-state index in [9.17, 15) is 4.79 Å². The fraction of sp³-hybridized carbons (Fsp3) is 0.556. The smallest absolute Gasteiger partial charge is 0.335 e. The number of ether oxygens (including phenoxy) is 1. The Morgan fingerprint density at radius 3 is 2.77 bits per heavy atom. The Bertz CT molecular complexity index is 283. The lowest BCUT2D eigenvalue weighted by molar-refractivity contribution is -0.136. The fourth-order valence-electron chi connectivity index (χ4n) is 1.54. The molecule has 0 radical (unpaired) electrons. The molecular formula is C9H13NO2S. The molecule has 1 atom stereocenters. The molecule has 0 aromatic rings. The third kappa shape index (κ3) is 2.06. The van der Waals surface area contributed by atoms with E-state index in [1.165, 1.54) is 7.11 Å². The van der Waals surface area contributed by atoms with Crippen molar-refractivity contribution in [3.8, 4) is 0 Å². The van der Waals surface area contributed by atoms with E-state index >= 15 is 0 Å². The van der Waals surface area contributed by atoms with Crippen molar-refractivity contribution in [3.05, 3.63) is 11.3 Å². The van der Waals surface area contributed by atoms with E-state index < -0.39 is 0 Å². The lowest BCUT2D eigenvalue weighted by Gasteiger charge is -2.24. The van der Waals surface area contributed by atoms with Gasteiger partial charge in [0.15, 0.2) is 0 Å². The average molecular weight is 199 g/mol. The third-order valence-electron chi connectivity index (χ3n) is 2.12. The van der Waals surface area contributed by atoms with Crippen LogP contribution in [0.2, 0.25) is 0 Å². The van der Waals surface area contributed by atoms with Crippen molar-refractivity contribution in [2.24, 2.45) is 5.92 Å². The van der Waals surface area contributed by atoms with E-state index in [2.05, 4.69) is 10.1 Å². The summed E-state index contributed by atoms with van der Waals surface area (Å²) < 4.78 is 4.69. The van der Waals surface area contributed by atoms with Gasteiger partial charge in [-0.2, -0.15) is 0 Å². The van der Waals surface area contributed by atoms with Crippen LogP contribution in [0.5, 0.6) is 0 Å². The highest BCUT2D eigenvalue weighted by atomic mass is 32.1. The lowest BCUT2D eigenvalue weighted by Crippen LogP contribution is -2.32. The van der Waals surface area contributed by atoms with Gasteiger partial charge in [0.25, 0.3) is 0 Å². The van der Waals surface area contributed by atoms with E-state index in [1.54, 1.807) is 0 Å². The molecule has 0 saturated heterocycles. The first kappa shape index (κ1) is 10.2. The van der Waals surface area contributed by atoms with Gasteiger partial charge < -0.3 is 10.1 Å². The predicted molar refractivity (Wildman–Crippen MR) is 54.2 cm³/mol. The first-order valence-corrected chi connectivity index (χ1v) is 4.56. The maximum atomic E-state index is 11.3. The summed E-state index contributed by atoms with van der Waals surface area (Å²) in [6.45, 7) is 3.82. The van der Waals surface area contributed by atoms with Crippen LogP contribution in [0.25, 0.3) is 0 Å². The summed E-state index contributed by atoms with van der Waals surface area (Å²) in [5, 5.41) is 2.99. The molecule has 0 amide bonds. The second-order valence-corrected chi connectivity index (χ2v) is 3.68. The Kier molecular flexibility index (Phi) is 3.03. The van der Waals surface area contributed by atoms with Gasteiger partial charge in [-0.25, -0.2) is 4.79 Å². The highest BCUT2D eigenvalue weighted by molar-refractivity contribution is 7.80. The van der Waals surface area contributed by atoms with Crippen molar-refractivity contribution in [2.45, 2.75) is 20.3 Å². The topological polar surface area (TPSA) is 38.3 Å². The number of allylic oxidation sites excluding steroid dienone is 1. The monoisotopic (exact) mass is 199 g/mol. The fourth-order valence-corrected chi connectivity index (χ4v) is 1.94. The van der Waals surface area contributed by atoms with E-state index in [0.717, 1.165) is 17.1 Å². The molecule has 0 aromatic carbocycles. The van der Waals surface area contributed by atoms with Crippen LogP contribution in [0, 0.1) is 5.92 Å². The van der Waals surface area contributed by atoms with Crippen LogP contribution in [-0.4, -0.2) is 18.1 Å². The average Bonchev–Trinajstić information content (AvgIpc) is 2.02. The quantitative estimate of drug-likeness (QED) is 0.511. The Hall–Kier alpha value is -0.900. The minimum absolute atomic E-state index is 0.154. The summed E-state index contributed by atoms with van der Waals surface area (Å²) in [5.41, 5.74) is 1.52. The van der Waals surface area contributed by atoms with Gasteiger partial charge in [-0.3, -0.25) is 0 Å². The number of methoxy groups -OCH3 is 1. The number of hydrogen-bond acceptors (Lipinski definition) is 3.